The molecule has 0 radical (unpaired) electrons. The second-order valence-electron chi connectivity index (χ2n) is 18.3. The molecule has 0 aromatic heterocycles. The zero-order chi connectivity index (χ0) is 46.6. The van der Waals surface area contributed by atoms with Gasteiger partial charge in [-0.1, -0.05) is 182 Å². The van der Waals surface area contributed by atoms with Gasteiger partial charge in [-0.15, -0.1) is 0 Å². The molecule has 0 aliphatic heterocycles. The Balaban J connectivity index is 0.927. The van der Waals surface area contributed by atoms with Gasteiger partial charge >= 0.3 is 0 Å². The fourth-order valence-electron chi connectivity index (χ4n) is 10.8. The Kier molecular flexibility index (Phi) is 11.7. The second-order valence-corrected chi connectivity index (χ2v) is 18.3. The SMILES string of the molecule is C1=CC2=C(N(c3ccccc3)c3ccc(N(C4=CCC(N(c5ccccc5)c5cccc6ccccc56)C=C4)C4C=CC(N(c5ccccc5)c5cccc6ccccc56)=CC4)cc3)C=CCC2C=C1. The molecule has 12 rings (SSSR count). The molecule has 0 N–H and O–H groups in total. The van der Waals surface area contributed by atoms with Crippen LogP contribution >= 0.6 is 0 Å². The summed E-state index contributed by atoms with van der Waals surface area (Å²) in [6, 6.07) is 72.6. The molecule has 0 spiro atoms. The quantitative estimate of drug-likeness (QED) is 0.121. The first-order valence-corrected chi connectivity index (χ1v) is 24.7. The van der Waals surface area contributed by atoms with E-state index in [1.807, 2.05) is 0 Å². The van der Waals surface area contributed by atoms with Gasteiger partial charge in [0.25, 0.3) is 0 Å². The minimum absolute atomic E-state index is 0.0619. The van der Waals surface area contributed by atoms with Crippen LogP contribution in [0.4, 0.5) is 39.8 Å². The lowest BCUT2D eigenvalue weighted by atomic mass is 9.86. The van der Waals surface area contributed by atoms with Crippen molar-refractivity contribution in [2.75, 3.05) is 19.6 Å². The minimum atomic E-state index is 0.0619. The highest BCUT2D eigenvalue weighted by Gasteiger charge is 2.29. The Morgan fingerprint density at radius 1 is 0.343 bits per heavy atom. The van der Waals surface area contributed by atoms with E-state index in [2.05, 4.69) is 293 Å². The highest BCUT2D eigenvalue weighted by atomic mass is 15.2. The molecule has 3 atom stereocenters. The zero-order valence-electron chi connectivity index (χ0n) is 39.1. The third-order valence-electron chi connectivity index (χ3n) is 14.1. The van der Waals surface area contributed by atoms with Gasteiger partial charge in [-0.3, -0.25) is 0 Å². The van der Waals surface area contributed by atoms with Gasteiger partial charge in [0.15, 0.2) is 0 Å². The van der Waals surface area contributed by atoms with Gasteiger partial charge in [-0.25, -0.2) is 0 Å². The standard InChI is InChI=1S/C66H54N4/c1-4-25-52(26-5-1)68(64-34-16-22-49-19-10-13-31-61(49)64)58-43-37-55(38-44-58)67(56-39-45-59(46-40-56)69(53-27-6-2-7-28-53)65-35-17-23-50-20-11-14-32-62(50)65)57-41-47-60(48-42-57)70(54-29-8-3-9-30-54)66-36-18-24-51-21-12-15-33-63(51)66/h1-23,25-39,41-43,45-48,51,56,58H,24,40,44H2. The summed E-state index contributed by atoms with van der Waals surface area (Å²) in [7, 11) is 0. The predicted octanol–water partition coefficient (Wildman–Crippen LogP) is 17.0. The van der Waals surface area contributed by atoms with Crippen LogP contribution in [-0.4, -0.2) is 12.1 Å². The molecule has 4 aliphatic rings. The van der Waals surface area contributed by atoms with Crippen LogP contribution in [0.25, 0.3) is 21.5 Å². The van der Waals surface area contributed by atoms with Crippen LogP contribution in [0.1, 0.15) is 19.3 Å². The number of hydrogen-bond acceptors (Lipinski definition) is 4. The lowest BCUT2D eigenvalue weighted by molar-refractivity contribution is 0.729. The van der Waals surface area contributed by atoms with Crippen molar-refractivity contribution in [3.05, 3.63) is 296 Å². The van der Waals surface area contributed by atoms with Crippen molar-refractivity contribution in [3.63, 3.8) is 0 Å². The maximum absolute atomic E-state index is 2.55. The zero-order valence-corrected chi connectivity index (χ0v) is 39.1. The van der Waals surface area contributed by atoms with E-state index >= 15 is 0 Å². The number of rotatable bonds is 12. The molecule has 0 saturated carbocycles. The van der Waals surface area contributed by atoms with Crippen molar-refractivity contribution >= 4 is 61.4 Å². The van der Waals surface area contributed by atoms with Gasteiger partial charge < -0.3 is 19.6 Å². The van der Waals surface area contributed by atoms with E-state index in [0.29, 0.717) is 5.92 Å². The Morgan fingerprint density at radius 3 is 1.49 bits per heavy atom. The number of anilines is 7. The average molecular weight is 903 g/mol. The molecule has 0 heterocycles. The van der Waals surface area contributed by atoms with E-state index < -0.39 is 0 Å². The molecule has 8 aromatic carbocycles. The molecule has 70 heavy (non-hydrogen) atoms. The summed E-state index contributed by atoms with van der Waals surface area (Å²) in [6.45, 7) is 0. The molecule has 4 nitrogen and oxygen atoms in total. The lowest BCUT2D eigenvalue weighted by Crippen LogP contribution is -2.36. The Hall–Kier alpha value is -8.60. The van der Waals surface area contributed by atoms with Gasteiger partial charge in [0.1, 0.15) is 0 Å². The molecule has 4 heteroatoms. The Bertz CT molecular complexity index is 3420. The minimum Gasteiger partial charge on any atom is -0.335 e. The topological polar surface area (TPSA) is 13.0 Å². The summed E-state index contributed by atoms with van der Waals surface area (Å²) in [5, 5.41) is 4.94. The van der Waals surface area contributed by atoms with E-state index in [-0.39, 0.29) is 12.1 Å². The molecular formula is C66H54N4. The number of para-hydroxylation sites is 3. The molecule has 3 unspecified atom stereocenters. The lowest BCUT2D eigenvalue weighted by Gasteiger charge is -2.39. The number of hydrogen-bond donors (Lipinski definition) is 0. The first kappa shape index (κ1) is 42.7. The van der Waals surface area contributed by atoms with Crippen LogP contribution in [0.15, 0.2) is 296 Å². The molecular weight excluding hydrogens is 849 g/mol. The largest absolute Gasteiger partial charge is 0.335 e. The first-order valence-electron chi connectivity index (χ1n) is 24.7. The van der Waals surface area contributed by atoms with Gasteiger partial charge in [0.05, 0.1) is 17.8 Å². The van der Waals surface area contributed by atoms with Crippen LogP contribution in [0.2, 0.25) is 0 Å². The van der Waals surface area contributed by atoms with E-state index in [4.69, 9.17) is 0 Å². The summed E-state index contributed by atoms with van der Waals surface area (Å²) < 4.78 is 0. The first-order chi connectivity index (χ1) is 34.7. The van der Waals surface area contributed by atoms with Crippen molar-refractivity contribution < 1.29 is 0 Å². The molecule has 338 valence electrons. The molecule has 0 amide bonds. The Labute approximate surface area is 412 Å². The molecule has 8 aromatic rings. The van der Waals surface area contributed by atoms with Crippen LogP contribution in [0.5, 0.6) is 0 Å². The van der Waals surface area contributed by atoms with E-state index in [1.165, 1.54) is 55.6 Å². The van der Waals surface area contributed by atoms with Crippen molar-refractivity contribution in [3.8, 4) is 0 Å². The molecule has 0 fully saturated rings. The van der Waals surface area contributed by atoms with Gasteiger partial charge in [-0.05, 0) is 127 Å². The summed E-state index contributed by atoms with van der Waals surface area (Å²) in [4.78, 5) is 9.91. The fourth-order valence-corrected chi connectivity index (χ4v) is 10.8. The summed E-state index contributed by atoms with van der Waals surface area (Å²) in [5.41, 5.74) is 13.0. The third kappa shape index (κ3) is 8.28. The van der Waals surface area contributed by atoms with Crippen molar-refractivity contribution in [2.24, 2.45) is 5.92 Å². The second kappa shape index (κ2) is 19.2. The molecule has 4 aliphatic carbocycles. The predicted molar refractivity (Wildman–Crippen MR) is 296 cm³/mol. The highest BCUT2D eigenvalue weighted by Crippen LogP contribution is 2.43. The van der Waals surface area contributed by atoms with Crippen LogP contribution < -0.4 is 19.6 Å². The Morgan fingerprint density at radius 2 is 0.843 bits per heavy atom. The van der Waals surface area contributed by atoms with Crippen molar-refractivity contribution in [2.45, 2.75) is 31.3 Å². The average Bonchev–Trinajstić information content (AvgIpc) is 3.43. The van der Waals surface area contributed by atoms with E-state index in [9.17, 15) is 0 Å². The number of fused-ring (bicyclic) bond motifs is 3. The van der Waals surface area contributed by atoms with Gasteiger partial charge in [0.2, 0.25) is 0 Å². The summed E-state index contributed by atoms with van der Waals surface area (Å²) in [6.07, 6.45) is 30.7. The van der Waals surface area contributed by atoms with E-state index in [0.717, 1.165) is 47.7 Å². The fraction of sp³-hybridized carbons (Fsp3) is 0.0909. The number of nitrogens with zero attached hydrogens (tertiary/aromatic N) is 4. The highest BCUT2D eigenvalue weighted by molar-refractivity contribution is 5.98. The van der Waals surface area contributed by atoms with Crippen LogP contribution in [0, 0.1) is 5.92 Å². The third-order valence-corrected chi connectivity index (χ3v) is 14.1. The molecule has 0 saturated heterocycles. The number of benzene rings is 8. The van der Waals surface area contributed by atoms with Crippen molar-refractivity contribution in [1.82, 2.24) is 0 Å². The van der Waals surface area contributed by atoms with Gasteiger partial charge in [-0.2, -0.15) is 0 Å². The van der Waals surface area contributed by atoms with E-state index in [1.54, 1.807) is 0 Å². The number of allylic oxidation sites excluding steroid dienone is 9. The smallest absolute Gasteiger partial charge is 0.0561 e. The molecule has 0 bridgehead atoms. The van der Waals surface area contributed by atoms with Crippen LogP contribution in [-0.2, 0) is 0 Å². The normalized spacial score (nSPS) is 18.1. The maximum atomic E-state index is 2.55. The summed E-state index contributed by atoms with van der Waals surface area (Å²) >= 11 is 0. The van der Waals surface area contributed by atoms with Crippen molar-refractivity contribution in [1.29, 1.82) is 0 Å². The monoisotopic (exact) mass is 902 g/mol. The maximum Gasteiger partial charge on any atom is 0.0561 e. The summed E-state index contributed by atoms with van der Waals surface area (Å²) in [5.74, 6) is 0.368. The van der Waals surface area contributed by atoms with Gasteiger partial charge in [0, 0.05) is 67.9 Å². The van der Waals surface area contributed by atoms with Crippen LogP contribution in [0.3, 0.4) is 0 Å².